The predicted molar refractivity (Wildman–Crippen MR) is 56.4 cm³/mol. The lowest BCUT2D eigenvalue weighted by Crippen LogP contribution is -2.28. The van der Waals surface area contributed by atoms with Gasteiger partial charge in [-0.25, -0.2) is 0 Å². The van der Waals surface area contributed by atoms with Gasteiger partial charge < -0.3 is 4.18 Å². The quantitative estimate of drug-likeness (QED) is 0.675. The normalized spacial score (nSPS) is 12.9. The van der Waals surface area contributed by atoms with Gasteiger partial charge in [-0.3, -0.25) is 5.10 Å². The maximum absolute atomic E-state index is 12.2. The minimum Gasteiger partial charge on any atom is -0.376 e. The van der Waals surface area contributed by atoms with E-state index >= 15 is 0 Å². The van der Waals surface area contributed by atoms with Crippen LogP contribution in [-0.2, 0) is 10.1 Å². The van der Waals surface area contributed by atoms with Gasteiger partial charge in [-0.05, 0) is 19.1 Å². The molecule has 5 nitrogen and oxygen atoms in total. The molecule has 0 bridgehead atoms. The first-order chi connectivity index (χ1) is 8.22. The highest BCUT2D eigenvalue weighted by Gasteiger charge is 2.48. The molecule has 0 fully saturated rings. The molecule has 2 aromatic rings. The van der Waals surface area contributed by atoms with Crippen LogP contribution >= 0.6 is 0 Å². The molecule has 9 heteroatoms. The first-order valence-electron chi connectivity index (χ1n) is 4.66. The van der Waals surface area contributed by atoms with Crippen molar-refractivity contribution in [1.29, 1.82) is 0 Å². The molecule has 0 amide bonds. The number of nitrogens with one attached hydrogen (secondary N) is 1. The number of aromatic amines is 1. The molecule has 98 valence electrons. The highest BCUT2D eigenvalue weighted by Crippen LogP contribution is 2.31. The fraction of sp³-hybridized carbons (Fsp3) is 0.222. The number of nitrogens with zero attached hydrogens (tertiary/aromatic N) is 1. The average Bonchev–Trinajstić information content (AvgIpc) is 2.69. The predicted octanol–water partition coefficient (Wildman–Crippen LogP) is 2.10. The van der Waals surface area contributed by atoms with Crippen LogP contribution in [0.4, 0.5) is 13.2 Å². The third-order valence-corrected chi connectivity index (χ3v) is 3.29. The Kier molecular flexibility index (Phi) is 2.73. The molecular formula is C9H7F3N2O3S. The molecule has 1 N–H and O–H groups in total. The van der Waals surface area contributed by atoms with Gasteiger partial charge in [0.15, 0.2) is 0 Å². The van der Waals surface area contributed by atoms with Gasteiger partial charge in [0.05, 0.1) is 11.7 Å². The second-order valence-electron chi connectivity index (χ2n) is 3.50. The summed E-state index contributed by atoms with van der Waals surface area (Å²) in [6.07, 6.45) is 1.37. The first kappa shape index (κ1) is 12.7. The molecule has 0 radical (unpaired) electrons. The molecule has 0 spiro atoms. The summed E-state index contributed by atoms with van der Waals surface area (Å²) in [4.78, 5) is 0. The summed E-state index contributed by atoms with van der Waals surface area (Å²) in [5, 5.41) is 6.79. The van der Waals surface area contributed by atoms with Gasteiger partial charge in [0.1, 0.15) is 5.75 Å². The van der Waals surface area contributed by atoms with E-state index in [1.807, 2.05) is 0 Å². The molecule has 0 aliphatic rings. The zero-order chi connectivity index (χ0) is 13.6. The third kappa shape index (κ3) is 2.01. The minimum atomic E-state index is -5.66. The Morgan fingerprint density at radius 1 is 1.33 bits per heavy atom. The summed E-state index contributed by atoms with van der Waals surface area (Å²) in [6.45, 7) is 1.44. The maximum Gasteiger partial charge on any atom is 0.534 e. The Morgan fingerprint density at radius 3 is 2.61 bits per heavy atom. The Balaban J connectivity index is 2.48. The molecule has 0 atom stereocenters. The molecule has 18 heavy (non-hydrogen) atoms. The molecule has 0 saturated carbocycles. The number of aromatic nitrogens is 2. The topological polar surface area (TPSA) is 72.1 Å². The number of rotatable bonds is 2. The number of H-pyrrole nitrogens is 1. The van der Waals surface area contributed by atoms with Crippen molar-refractivity contribution in [2.45, 2.75) is 12.4 Å². The summed E-state index contributed by atoms with van der Waals surface area (Å²) < 4.78 is 62.4. The SMILES string of the molecule is Cc1c(OS(=O)(=O)C(F)(F)F)ccc2[nH]ncc12. The van der Waals surface area contributed by atoms with Crippen LogP contribution in [0.3, 0.4) is 0 Å². The van der Waals surface area contributed by atoms with Crippen LogP contribution in [0.2, 0.25) is 0 Å². The average molecular weight is 280 g/mol. The Labute approximate surface area is 99.7 Å². The molecule has 1 aromatic carbocycles. The molecule has 0 saturated heterocycles. The van der Waals surface area contributed by atoms with E-state index in [0.717, 1.165) is 6.07 Å². The van der Waals surface area contributed by atoms with Gasteiger partial charge in [0.2, 0.25) is 0 Å². The van der Waals surface area contributed by atoms with Gasteiger partial charge in [-0.2, -0.15) is 26.7 Å². The van der Waals surface area contributed by atoms with E-state index in [9.17, 15) is 21.6 Å². The van der Waals surface area contributed by atoms with E-state index < -0.39 is 15.6 Å². The summed E-state index contributed by atoms with van der Waals surface area (Å²) in [7, 11) is -5.66. The second-order valence-corrected chi connectivity index (χ2v) is 5.04. The van der Waals surface area contributed by atoms with Crippen molar-refractivity contribution in [3.63, 3.8) is 0 Å². The zero-order valence-corrected chi connectivity index (χ0v) is 9.76. The molecule has 1 heterocycles. The molecule has 0 unspecified atom stereocenters. The van der Waals surface area contributed by atoms with E-state index in [0.29, 0.717) is 10.9 Å². The number of fused-ring (bicyclic) bond motifs is 1. The van der Waals surface area contributed by atoms with Crippen molar-refractivity contribution in [2.24, 2.45) is 0 Å². The van der Waals surface area contributed by atoms with Crippen LogP contribution in [0.5, 0.6) is 5.75 Å². The van der Waals surface area contributed by atoms with Crippen LogP contribution in [0, 0.1) is 6.92 Å². The van der Waals surface area contributed by atoms with Gasteiger partial charge in [-0.1, -0.05) is 0 Å². The van der Waals surface area contributed by atoms with E-state index in [1.165, 1.54) is 19.2 Å². The van der Waals surface area contributed by atoms with Gasteiger partial charge >= 0.3 is 15.6 Å². The van der Waals surface area contributed by atoms with Crippen molar-refractivity contribution < 1.29 is 25.8 Å². The minimum absolute atomic E-state index is 0.258. The van der Waals surface area contributed by atoms with Crippen LogP contribution in [0.15, 0.2) is 18.3 Å². The van der Waals surface area contributed by atoms with Crippen LogP contribution in [-0.4, -0.2) is 24.1 Å². The van der Waals surface area contributed by atoms with E-state index in [2.05, 4.69) is 14.4 Å². The summed E-state index contributed by atoms with van der Waals surface area (Å²) >= 11 is 0. The Morgan fingerprint density at radius 2 is 2.00 bits per heavy atom. The molecule has 0 aliphatic carbocycles. The number of halogens is 3. The van der Waals surface area contributed by atoms with Crippen molar-refractivity contribution in [3.8, 4) is 5.75 Å². The largest absolute Gasteiger partial charge is 0.534 e. The van der Waals surface area contributed by atoms with Crippen molar-refractivity contribution >= 4 is 21.0 Å². The van der Waals surface area contributed by atoms with Crippen LogP contribution in [0.1, 0.15) is 5.56 Å². The smallest absolute Gasteiger partial charge is 0.376 e. The summed E-state index contributed by atoms with van der Waals surface area (Å²) in [5.74, 6) is -0.374. The number of hydrogen-bond donors (Lipinski definition) is 1. The first-order valence-corrected chi connectivity index (χ1v) is 6.06. The van der Waals surface area contributed by atoms with Crippen molar-refractivity contribution in [2.75, 3.05) is 0 Å². The van der Waals surface area contributed by atoms with E-state index in [1.54, 1.807) is 0 Å². The van der Waals surface area contributed by atoms with Crippen molar-refractivity contribution in [1.82, 2.24) is 10.2 Å². The van der Waals surface area contributed by atoms with Crippen molar-refractivity contribution in [3.05, 3.63) is 23.9 Å². The van der Waals surface area contributed by atoms with E-state index in [-0.39, 0.29) is 11.3 Å². The fourth-order valence-corrected chi connectivity index (χ4v) is 1.91. The standard InChI is InChI=1S/C9H7F3N2O3S/c1-5-6-4-13-14-7(6)2-3-8(5)17-18(15,16)9(10,11)12/h2-4H,1H3,(H,13,14). The van der Waals surface area contributed by atoms with Gasteiger partial charge in [-0.15, -0.1) is 0 Å². The fourth-order valence-electron chi connectivity index (χ4n) is 1.39. The van der Waals surface area contributed by atoms with Gasteiger partial charge in [0.25, 0.3) is 0 Å². The monoisotopic (exact) mass is 280 g/mol. The summed E-state index contributed by atoms with van der Waals surface area (Å²) in [6, 6.07) is 2.52. The number of aryl methyl sites for hydroxylation is 1. The zero-order valence-electron chi connectivity index (χ0n) is 8.95. The lowest BCUT2D eigenvalue weighted by Gasteiger charge is -2.11. The highest BCUT2D eigenvalue weighted by atomic mass is 32.2. The molecule has 2 rings (SSSR count). The number of benzene rings is 1. The molecule has 1 aromatic heterocycles. The van der Waals surface area contributed by atoms with E-state index in [4.69, 9.17) is 0 Å². The molecular weight excluding hydrogens is 273 g/mol. The summed E-state index contributed by atoms with van der Waals surface area (Å²) in [5.41, 5.74) is -4.62. The van der Waals surface area contributed by atoms with Crippen LogP contribution < -0.4 is 4.18 Å². The second kappa shape index (κ2) is 3.87. The van der Waals surface area contributed by atoms with Crippen LogP contribution in [0.25, 0.3) is 10.9 Å². The Hall–Kier alpha value is -1.77. The maximum atomic E-state index is 12.2. The number of alkyl halides is 3. The Bertz CT molecular complexity index is 691. The van der Waals surface area contributed by atoms with Gasteiger partial charge in [0, 0.05) is 10.9 Å². The highest BCUT2D eigenvalue weighted by molar-refractivity contribution is 7.88. The third-order valence-electron chi connectivity index (χ3n) is 2.33. The number of hydrogen-bond acceptors (Lipinski definition) is 4. The lowest BCUT2D eigenvalue weighted by molar-refractivity contribution is -0.0500. The molecule has 0 aliphatic heterocycles. The lowest BCUT2D eigenvalue weighted by atomic mass is 10.1.